The van der Waals surface area contributed by atoms with Gasteiger partial charge in [-0.05, 0) is 23.2 Å². The largest absolute Gasteiger partial charge is 0.360 e. The normalized spacial score (nSPS) is 10.4. The van der Waals surface area contributed by atoms with Crippen LogP contribution < -0.4 is 5.73 Å². The molecule has 0 atom stereocenters. The maximum atomic E-state index is 10.9. The third-order valence-corrected chi connectivity index (χ3v) is 3.01. The van der Waals surface area contributed by atoms with Crippen LogP contribution in [0.3, 0.4) is 0 Å². The first-order valence-corrected chi connectivity index (χ1v) is 5.54. The van der Waals surface area contributed by atoms with Crippen molar-refractivity contribution in [2.75, 3.05) is 0 Å². The summed E-state index contributed by atoms with van der Waals surface area (Å²) in [5.74, 6) is 0. The Hall–Kier alpha value is -2.08. The number of carbonyl (C=O) groups excluding carboxylic acids is 1. The molecule has 2 N–H and O–H groups in total. The number of hydrogen-bond acceptors (Lipinski definition) is 4. The molecule has 17 heavy (non-hydrogen) atoms. The van der Waals surface area contributed by atoms with Crippen molar-refractivity contribution in [1.29, 1.82) is 0 Å². The van der Waals surface area contributed by atoms with E-state index in [9.17, 15) is 14.9 Å². The van der Waals surface area contributed by atoms with Gasteiger partial charge in [0.25, 0.3) is 10.9 Å². The van der Waals surface area contributed by atoms with Crippen LogP contribution in [0.1, 0.15) is 0 Å². The van der Waals surface area contributed by atoms with E-state index in [0.29, 0.717) is 15.7 Å². The Bertz CT molecular complexity index is 607. The van der Waals surface area contributed by atoms with Gasteiger partial charge < -0.3 is 5.73 Å². The standard InChI is InChI=1S/C11H8N2O3S/c12-11(14)17-9-6-2-4-7-3-1-5-8(10(7)9)13(15)16/h1-6H,(H2,12,14). The van der Waals surface area contributed by atoms with Gasteiger partial charge >= 0.3 is 0 Å². The molecule has 1 amide bonds. The number of benzene rings is 2. The third-order valence-electron chi connectivity index (χ3n) is 2.25. The molecule has 0 radical (unpaired) electrons. The van der Waals surface area contributed by atoms with Gasteiger partial charge in [0.1, 0.15) is 0 Å². The van der Waals surface area contributed by atoms with Crippen molar-refractivity contribution in [1.82, 2.24) is 0 Å². The fourth-order valence-corrected chi connectivity index (χ4v) is 2.32. The van der Waals surface area contributed by atoms with E-state index in [1.165, 1.54) is 6.07 Å². The van der Waals surface area contributed by atoms with Crippen LogP contribution in [0.15, 0.2) is 41.3 Å². The van der Waals surface area contributed by atoms with E-state index in [1.54, 1.807) is 30.3 Å². The van der Waals surface area contributed by atoms with Gasteiger partial charge in [-0.25, -0.2) is 0 Å². The van der Waals surface area contributed by atoms with E-state index in [4.69, 9.17) is 5.73 Å². The van der Waals surface area contributed by atoms with Gasteiger partial charge in [-0.3, -0.25) is 14.9 Å². The number of nitrogens with two attached hydrogens (primary N) is 1. The molecule has 0 spiro atoms. The van der Waals surface area contributed by atoms with Gasteiger partial charge in [0.05, 0.1) is 10.3 Å². The summed E-state index contributed by atoms with van der Waals surface area (Å²) in [5.41, 5.74) is 5.07. The topological polar surface area (TPSA) is 86.2 Å². The summed E-state index contributed by atoms with van der Waals surface area (Å²) in [4.78, 5) is 21.9. The van der Waals surface area contributed by atoms with E-state index < -0.39 is 10.2 Å². The van der Waals surface area contributed by atoms with Crippen molar-refractivity contribution in [3.05, 3.63) is 46.5 Å². The van der Waals surface area contributed by atoms with Crippen molar-refractivity contribution in [2.45, 2.75) is 4.90 Å². The monoisotopic (exact) mass is 248 g/mol. The summed E-state index contributed by atoms with van der Waals surface area (Å²) in [6, 6.07) is 9.91. The number of hydrogen-bond donors (Lipinski definition) is 1. The van der Waals surface area contributed by atoms with Crippen molar-refractivity contribution >= 4 is 33.5 Å². The van der Waals surface area contributed by atoms with Gasteiger partial charge in [0.2, 0.25) is 0 Å². The van der Waals surface area contributed by atoms with Gasteiger partial charge in [0, 0.05) is 11.0 Å². The second-order valence-corrected chi connectivity index (χ2v) is 4.36. The Morgan fingerprint density at radius 3 is 2.47 bits per heavy atom. The zero-order valence-electron chi connectivity index (χ0n) is 8.62. The van der Waals surface area contributed by atoms with Crippen LogP contribution in [0.25, 0.3) is 10.8 Å². The lowest BCUT2D eigenvalue weighted by atomic mass is 10.1. The molecule has 0 bridgehead atoms. The molecule has 0 aliphatic carbocycles. The molecule has 2 rings (SSSR count). The van der Waals surface area contributed by atoms with Crippen molar-refractivity contribution in [3.8, 4) is 0 Å². The average molecular weight is 248 g/mol. The van der Waals surface area contributed by atoms with Gasteiger partial charge in [0.15, 0.2) is 0 Å². The van der Waals surface area contributed by atoms with Gasteiger partial charge in [-0.15, -0.1) is 0 Å². The zero-order valence-corrected chi connectivity index (χ0v) is 9.44. The van der Waals surface area contributed by atoms with E-state index in [-0.39, 0.29) is 5.69 Å². The number of nitrogens with zero attached hydrogens (tertiary/aromatic N) is 1. The molecule has 0 aromatic heterocycles. The average Bonchev–Trinajstić information content (AvgIpc) is 2.27. The molecular formula is C11H8N2O3S. The Kier molecular flexibility index (Phi) is 2.97. The summed E-state index contributed by atoms with van der Waals surface area (Å²) in [5, 5.41) is 11.5. The highest BCUT2D eigenvalue weighted by molar-refractivity contribution is 8.13. The molecule has 5 nitrogen and oxygen atoms in total. The van der Waals surface area contributed by atoms with E-state index >= 15 is 0 Å². The van der Waals surface area contributed by atoms with E-state index in [2.05, 4.69) is 0 Å². The van der Waals surface area contributed by atoms with Crippen molar-refractivity contribution in [2.24, 2.45) is 5.73 Å². The van der Waals surface area contributed by atoms with Crippen LogP contribution in [0, 0.1) is 10.1 Å². The van der Waals surface area contributed by atoms with Crippen LogP contribution in [0.2, 0.25) is 0 Å². The summed E-state index contributed by atoms with van der Waals surface area (Å²) in [6.45, 7) is 0. The lowest BCUT2D eigenvalue weighted by Gasteiger charge is -2.04. The van der Waals surface area contributed by atoms with Crippen LogP contribution in [0.4, 0.5) is 10.5 Å². The van der Waals surface area contributed by atoms with E-state index in [1.807, 2.05) is 0 Å². The number of non-ortho nitro benzene ring substituents is 1. The summed E-state index contributed by atoms with van der Waals surface area (Å²) in [7, 11) is 0. The molecule has 86 valence electrons. The number of primary amides is 1. The number of thioether (sulfide) groups is 1. The molecule has 0 saturated carbocycles. The summed E-state index contributed by atoms with van der Waals surface area (Å²) < 4.78 is 0. The summed E-state index contributed by atoms with van der Waals surface area (Å²) >= 11 is 0.794. The second kappa shape index (κ2) is 4.42. The van der Waals surface area contributed by atoms with Crippen LogP contribution >= 0.6 is 11.8 Å². The molecular weight excluding hydrogens is 240 g/mol. The quantitative estimate of drug-likeness (QED) is 0.503. The summed E-state index contributed by atoms with van der Waals surface area (Å²) in [6.07, 6.45) is 0. The molecule has 0 fully saturated rings. The highest BCUT2D eigenvalue weighted by Crippen LogP contribution is 2.34. The molecule has 0 saturated heterocycles. The minimum Gasteiger partial charge on any atom is -0.360 e. The predicted octanol–water partition coefficient (Wildman–Crippen LogP) is 2.92. The minimum atomic E-state index is -0.587. The maximum absolute atomic E-state index is 10.9. The molecule has 0 unspecified atom stereocenters. The number of nitro groups is 1. The number of carbonyl (C=O) groups is 1. The molecule has 0 aliphatic heterocycles. The number of fused-ring (bicyclic) bond motifs is 1. The first-order valence-electron chi connectivity index (χ1n) is 4.73. The Morgan fingerprint density at radius 1 is 1.24 bits per heavy atom. The highest BCUT2D eigenvalue weighted by Gasteiger charge is 2.16. The van der Waals surface area contributed by atoms with Gasteiger partial charge in [-0.1, -0.05) is 24.3 Å². The Labute approximate surface area is 101 Å². The maximum Gasteiger partial charge on any atom is 0.281 e. The molecule has 0 heterocycles. The molecule has 2 aromatic rings. The van der Waals surface area contributed by atoms with Crippen LogP contribution in [-0.4, -0.2) is 10.2 Å². The first kappa shape index (κ1) is 11.4. The fraction of sp³-hybridized carbons (Fsp3) is 0. The second-order valence-electron chi connectivity index (χ2n) is 3.31. The first-order chi connectivity index (χ1) is 8.09. The third kappa shape index (κ3) is 2.21. The smallest absolute Gasteiger partial charge is 0.281 e. The van der Waals surface area contributed by atoms with Crippen LogP contribution in [0.5, 0.6) is 0 Å². The number of nitro benzene ring substituents is 1. The van der Waals surface area contributed by atoms with Crippen molar-refractivity contribution < 1.29 is 9.72 Å². The SMILES string of the molecule is NC(=O)Sc1cccc2cccc([N+](=O)[O-])c12. The highest BCUT2D eigenvalue weighted by atomic mass is 32.2. The fourth-order valence-electron chi connectivity index (χ4n) is 1.63. The minimum absolute atomic E-state index is 0.0214. The lowest BCUT2D eigenvalue weighted by Crippen LogP contribution is -2.02. The van der Waals surface area contributed by atoms with Crippen molar-refractivity contribution in [3.63, 3.8) is 0 Å². The molecule has 2 aromatic carbocycles. The number of rotatable bonds is 2. The molecule has 0 aliphatic rings. The Morgan fingerprint density at radius 2 is 1.88 bits per heavy atom. The lowest BCUT2D eigenvalue weighted by molar-refractivity contribution is -0.383. The predicted molar refractivity (Wildman–Crippen MR) is 66.0 cm³/mol. The zero-order chi connectivity index (χ0) is 12.4. The number of amides is 1. The van der Waals surface area contributed by atoms with E-state index in [0.717, 1.165) is 11.8 Å². The van der Waals surface area contributed by atoms with Crippen LogP contribution in [-0.2, 0) is 0 Å². The van der Waals surface area contributed by atoms with Gasteiger partial charge in [-0.2, -0.15) is 0 Å². The molecule has 6 heteroatoms. The Balaban J connectivity index is 2.75.